The number of amides is 1. The summed E-state index contributed by atoms with van der Waals surface area (Å²) in [5.41, 5.74) is 3.65. The number of hydrazone groups is 1. The number of aromatic nitrogens is 3. The summed E-state index contributed by atoms with van der Waals surface area (Å²) in [5.74, 6) is -0.304. The summed E-state index contributed by atoms with van der Waals surface area (Å²) in [4.78, 5) is 15.6. The number of nitrogens with one attached hydrogen (secondary N) is 1. The minimum atomic E-state index is -0.368. The second kappa shape index (κ2) is 8.15. The Hall–Kier alpha value is -3.07. The van der Waals surface area contributed by atoms with Crippen molar-refractivity contribution in [3.8, 4) is 11.5 Å². The molecule has 0 saturated heterocycles. The molecule has 0 aliphatic carbocycles. The van der Waals surface area contributed by atoms with E-state index in [1.807, 2.05) is 0 Å². The molecule has 2 heterocycles. The predicted octanol–water partition coefficient (Wildman–Crippen LogP) is 2.51. The summed E-state index contributed by atoms with van der Waals surface area (Å²) in [5, 5.41) is 11.8. The molecule has 0 aliphatic rings. The van der Waals surface area contributed by atoms with Gasteiger partial charge in [0.15, 0.2) is 0 Å². The van der Waals surface area contributed by atoms with E-state index >= 15 is 0 Å². The topological polar surface area (TPSA) is 93.3 Å². The van der Waals surface area contributed by atoms with Gasteiger partial charge in [0, 0.05) is 18.0 Å². The number of halogens is 1. The van der Waals surface area contributed by atoms with E-state index < -0.39 is 0 Å². The van der Waals surface area contributed by atoms with E-state index in [9.17, 15) is 9.18 Å². The third-order valence-corrected chi connectivity index (χ3v) is 3.73. The van der Waals surface area contributed by atoms with Crippen LogP contribution in [0.15, 0.2) is 63.5 Å². The average molecular weight is 357 g/mol. The molecule has 0 unspecified atom stereocenters. The quantitative estimate of drug-likeness (QED) is 0.414. The minimum absolute atomic E-state index is 0.0540. The summed E-state index contributed by atoms with van der Waals surface area (Å²) in [6, 6.07) is 9.36. The maximum atomic E-state index is 13.0. The Morgan fingerprint density at radius 1 is 1.28 bits per heavy atom. The van der Waals surface area contributed by atoms with Crippen LogP contribution < -0.4 is 5.43 Å². The van der Waals surface area contributed by atoms with Gasteiger partial charge in [-0.15, -0.1) is 10.2 Å². The number of hydrogen-bond acceptors (Lipinski definition) is 7. The van der Waals surface area contributed by atoms with Crippen LogP contribution in [0.2, 0.25) is 0 Å². The van der Waals surface area contributed by atoms with Crippen LogP contribution in [0.5, 0.6) is 0 Å². The molecule has 25 heavy (non-hydrogen) atoms. The van der Waals surface area contributed by atoms with Gasteiger partial charge in [0.25, 0.3) is 11.1 Å². The third kappa shape index (κ3) is 4.95. The van der Waals surface area contributed by atoms with E-state index in [1.165, 1.54) is 18.3 Å². The van der Waals surface area contributed by atoms with E-state index in [-0.39, 0.29) is 22.7 Å². The van der Waals surface area contributed by atoms with E-state index in [4.69, 9.17) is 4.42 Å². The van der Waals surface area contributed by atoms with Crippen LogP contribution in [0, 0.1) is 5.82 Å². The van der Waals surface area contributed by atoms with Gasteiger partial charge >= 0.3 is 0 Å². The monoisotopic (exact) mass is 357 g/mol. The molecule has 0 fully saturated rings. The average Bonchev–Trinajstić information content (AvgIpc) is 3.10. The van der Waals surface area contributed by atoms with Gasteiger partial charge in [-0.25, -0.2) is 9.82 Å². The van der Waals surface area contributed by atoms with E-state index in [2.05, 4.69) is 25.7 Å². The standard InChI is InChI=1S/C16H12FN5O2S/c17-13-3-1-2-11(8-13)9-19-20-14(23)10-25-16-22-21-15(24-16)12-4-6-18-7-5-12/h1-9H,10H2,(H,20,23)/b19-9+. The smallest absolute Gasteiger partial charge is 0.277 e. The van der Waals surface area contributed by atoms with Crippen LogP contribution in [-0.2, 0) is 4.79 Å². The van der Waals surface area contributed by atoms with Gasteiger partial charge in [0.2, 0.25) is 5.89 Å². The zero-order chi connectivity index (χ0) is 17.5. The van der Waals surface area contributed by atoms with Crippen molar-refractivity contribution in [1.82, 2.24) is 20.6 Å². The molecule has 0 spiro atoms. The number of carbonyl (C=O) groups excluding carboxylic acids is 1. The number of rotatable bonds is 6. The predicted molar refractivity (Wildman–Crippen MR) is 90.4 cm³/mol. The number of pyridine rings is 1. The van der Waals surface area contributed by atoms with Gasteiger partial charge in [-0.2, -0.15) is 5.10 Å². The van der Waals surface area contributed by atoms with Crippen LogP contribution >= 0.6 is 11.8 Å². The number of nitrogens with zero attached hydrogens (tertiary/aromatic N) is 4. The summed E-state index contributed by atoms with van der Waals surface area (Å²) in [7, 11) is 0. The molecule has 1 N–H and O–H groups in total. The van der Waals surface area contributed by atoms with Gasteiger partial charge in [-0.05, 0) is 29.8 Å². The highest BCUT2D eigenvalue weighted by atomic mass is 32.2. The third-order valence-electron chi connectivity index (χ3n) is 2.91. The fraction of sp³-hybridized carbons (Fsp3) is 0.0625. The number of carbonyl (C=O) groups is 1. The number of benzene rings is 1. The Morgan fingerprint density at radius 3 is 2.92 bits per heavy atom. The number of thioether (sulfide) groups is 1. The van der Waals surface area contributed by atoms with Crippen molar-refractivity contribution in [2.75, 3.05) is 5.75 Å². The zero-order valence-corrected chi connectivity index (χ0v) is 13.6. The maximum absolute atomic E-state index is 13.0. The van der Waals surface area contributed by atoms with Crippen molar-refractivity contribution in [2.24, 2.45) is 5.10 Å². The first-order chi connectivity index (χ1) is 12.2. The maximum Gasteiger partial charge on any atom is 0.277 e. The minimum Gasteiger partial charge on any atom is -0.411 e. The first-order valence-electron chi connectivity index (χ1n) is 7.15. The molecule has 0 saturated carbocycles. The molecule has 3 aromatic rings. The van der Waals surface area contributed by atoms with Gasteiger partial charge in [0.1, 0.15) is 5.82 Å². The van der Waals surface area contributed by atoms with Crippen LogP contribution in [0.25, 0.3) is 11.5 Å². The lowest BCUT2D eigenvalue weighted by molar-refractivity contribution is -0.118. The summed E-state index contributed by atoms with van der Waals surface area (Å²) in [6.45, 7) is 0. The van der Waals surface area contributed by atoms with Crippen molar-refractivity contribution >= 4 is 23.9 Å². The van der Waals surface area contributed by atoms with Gasteiger partial charge in [-0.1, -0.05) is 23.9 Å². The second-order valence-electron chi connectivity index (χ2n) is 4.75. The molecular formula is C16H12FN5O2S. The highest BCUT2D eigenvalue weighted by molar-refractivity contribution is 7.99. The molecule has 0 atom stereocenters. The Labute approximate surface area is 146 Å². The first-order valence-corrected chi connectivity index (χ1v) is 8.13. The van der Waals surface area contributed by atoms with Crippen LogP contribution in [0.4, 0.5) is 4.39 Å². The lowest BCUT2D eigenvalue weighted by Crippen LogP contribution is -2.19. The highest BCUT2D eigenvalue weighted by Gasteiger charge is 2.10. The Kier molecular flexibility index (Phi) is 5.47. The molecule has 2 aromatic heterocycles. The molecule has 7 nitrogen and oxygen atoms in total. The van der Waals surface area contributed by atoms with Crippen molar-refractivity contribution in [3.63, 3.8) is 0 Å². The largest absolute Gasteiger partial charge is 0.411 e. The zero-order valence-electron chi connectivity index (χ0n) is 12.8. The van der Waals surface area contributed by atoms with Crippen LogP contribution in [0.3, 0.4) is 0 Å². The Balaban J connectivity index is 1.49. The van der Waals surface area contributed by atoms with Gasteiger partial charge in [-0.3, -0.25) is 9.78 Å². The van der Waals surface area contributed by atoms with Crippen molar-refractivity contribution in [1.29, 1.82) is 0 Å². The SMILES string of the molecule is O=C(CSc1nnc(-c2ccncc2)o1)N/N=C/c1cccc(F)c1. The Bertz CT molecular complexity index is 885. The fourth-order valence-corrected chi connectivity index (χ4v) is 2.36. The second-order valence-corrected chi connectivity index (χ2v) is 5.67. The van der Waals surface area contributed by atoms with Gasteiger partial charge < -0.3 is 4.42 Å². The van der Waals surface area contributed by atoms with Crippen LogP contribution in [0.1, 0.15) is 5.56 Å². The molecule has 0 bridgehead atoms. The van der Waals surface area contributed by atoms with E-state index in [1.54, 1.807) is 36.7 Å². The molecule has 3 rings (SSSR count). The fourth-order valence-electron chi connectivity index (χ4n) is 1.80. The summed E-state index contributed by atoms with van der Waals surface area (Å²) >= 11 is 1.09. The molecular weight excluding hydrogens is 345 g/mol. The lowest BCUT2D eigenvalue weighted by atomic mass is 10.2. The summed E-state index contributed by atoms with van der Waals surface area (Å²) < 4.78 is 18.5. The molecule has 0 radical (unpaired) electrons. The summed E-state index contributed by atoms with van der Waals surface area (Å²) in [6.07, 6.45) is 4.60. The highest BCUT2D eigenvalue weighted by Crippen LogP contribution is 2.22. The van der Waals surface area contributed by atoms with Gasteiger partial charge in [0.05, 0.1) is 12.0 Å². The van der Waals surface area contributed by atoms with E-state index in [0.29, 0.717) is 11.5 Å². The Morgan fingerprint density at radius 2 is 2.12 bits per heavy atom. The van der Waals surface area contributed by atoms with Crippen LogP contribution in [-0.4, -0.2) is 33.1 Å². The first kappa shape index (κ1) is 16.8. The lowest BCUT2D eigenvalue weighted by Gasteiger charge is -1.97. The number of hydrogen-bond donors (Lipinski definition) is 1. The molecule has 0 aliphatic heterocycles. The molecule has 126 valence electrons. The molecule has 9 heteroatoms. The van der Waals surface area contributed by atoms with Crippen molar-refractivity contribution in [2.45, 2.75) is 5.22 Å². The molecule has 1 aromatic carbocycles. The van der Waals surface area contributed by atoms with Crippen molar-refractivity contribution in [3.05, 3.63) is 60.2 Å². The normalized spacial score (nSPS) is 10.9. The van der Waals surface area contributed by atoms with Crippen molar-refractivity contribution < 1.29 is 13.6 Å². The van der Waals surface area contributed by atoms with E-state index in [0.717, 1.165) is 17.3 Å². The molecule has 1 amide bonds.